The Labute approximate surface area is 115 Å². The average Bonchev–Trinajstić information content (AvgIpc) is 2.75. The van der Waals surface area contributed by atoms with Gasteiger partial charge in [-0.1, -0.05) is 12.5 Å². The minimum absolute atomic E-state index is 0.665. The number of benzene rings is 1. The second-order valence-electron chi connectivity index (χ2n) is 6.01. The number of nitrogens with one attached hydrogen (secondary N) is 1. The third-order valence-corrected chi connectivity index (χ3v) is 4.39. The van der Waals surface area contributed by atoms with E-state index in [2.05, 4.69) is 48.9 Å². The zero-order valence-corrected chi connectivity index (χ0v) is 12.1. The van der Waals surface area contributed by atoms with Crippen LogP contribution in [0.1, 0.15) is 44.5 Å². The van der Waals surface area contributed by atoms with Crippen molar-refractivity contribution < 1.29 is 0 Å². The molecule has 2 atom stereocenters. The van der Waals surface area contributed by atoms with Crippen LogP contribution in [0.3, 0.4) is 0 Å². The Morgan fingerprint density at radius 3 is 2.74 bits per heavy atom. The van der Waals surface area contributed by atoms with Crippen LogP contribution in [0.4, 0.5) is 0 Å². The molecule has 0 amide bonds. The van der Waals surface area contributed by atoms with Gasteiger partial charge in [-0.3, -0.25) is 4.90 Å². The molecule has 3 nitrogen and oxygen atoms in total. The fourth-order valence-electron chi connectivity index (χ4n) is 3.21. The van der Waals surface area contributed by atoms with Crippen molar-refractivity contribution in [1.29, 1.82) is 0 Å². The molecule has 1 aromatic carbocycles. The van der Waals surface area contributed by atoms with E-state index in [0.717, 1.165) is 23.4 Å². The summed E-state index contributed by atoms with van der Waals surface area (Å²) in [6, 6.07) is 7.74. The van der Waals surface area contributed by atoms with Crippen LogP contribution in [0.2, 0.25) is 0 Å². The van der Waals surface area contributed by atoms with E-state index in [1.54, 1.807) is 0 Å². The van der Waals surface area contributed by atoms with Gasteiger partial charge >= 0.3 is 0 Å². The second kappa shape index (κ2) is 4.97. The molecule has 0 bridgehead atoms. The molecule has 0 radical (unpaired) electrons. The first-order chi connectivity index (χ1) is 9.13. The van der Waals surface area contributed by atoms with Crippen LogP contribution in [0.15, 0.2) is 18.2 Å². The monoisotopic (exact) mass is 257 g/mol. The predicted octanol–water partition coefficient (Wildman–Crippen LogP) is 3.63. The number of hydrogen-bond acceptors (Lipinski definition) is 2. The average molecular weight is 257 g/mol. The SMILES string of the molecule is Cc1ccc2nc(CN3C(C)CCCC3C)[nH]c2c1. The third kappa shape index (κ3) is 2.52. The van der Waals surface area contributed by atoms with E-state index in [4.69, 9.17) is 4.98 Å². The molecule has 0 spiro atoms. The van der Waals surface area contributed by atoms with Gasteiger partial charge in [-0.2, -0.15) is 0 Å². The number of imidazole rings is 1. The molecule has 1 N–H and O–H groups in total. The molecule has 0 aliphatic carbocycles. The summed E-state index contributed by atoms with van der Waals surface area (Å²) in [5, 5.41) is 0. The molecule has 19 heavy (non-hydrogen) atoms. The lowest BCUT2D eigenvalue weighted by Gasteiger charge is -2.38. The number of fused-ring (bicyclic) bond motifs is 1. The predicted molar refractivity (Wildman–Crippen MR) is 79.1 cm³/mol. The Morgan fingerprint density at radius 1 is 1.26 bits per heavy atom. The van der Waals surface area contributed by atoms with Crippen molar-refractivity contribution in [2.45, 2.75) is 58.7 Å². The van der Waals surface area contributed by atoms with E-state index in [-0.39, 0.29) is 0 Å². The zero-order valence-electron chi connectivity index (χ0n) is 12.1. The third-order valence-electron chi connectivity index (χ3n) is 4.39. The smallest absolute Gasteiger partial charge is 0.121 e. The number of aromatic amines is 1. The molecule has 1 aliphatic rings. The van der Waals surface area contributed by atoms with Crippen molar-refractivity contribution in [3.8, 4) is 0 Å². The Kier molecular flexibility index (Phi) is 3.31. The first-order valence-corrected chi connectivity index (χ1v) is 7.34. The van der Waals surface area contributed by atoms with Gasteiger partial charge in [0, 0.05) is 12.1 Å². The minimum atomic E-state index is 0.665. The van der Waals surface area contributed by atoms with Gasteiger partial charge in [-0.15, -0.1) is 0 Å². The van der Waals surface area contributed by atoms with E-state index in [9.17, 15) is 0 Å². The lowest BCUT2D eigenvalue weighted by Crippen LogP contribution is -2.43. The van der Waals surface area contributed by atoms with Crippen LogP contribution in [0, 0.1) is 6.92 Å². The van der Waals surface area contributed by atoms with Crippen LogP contribution in [-0.4, -0.2) is 27.0 Å². The summed E-state index contributed by atoms with van der Waals surface area (Å²) >= 11 is 0. The summed E-state index contributed by atoms with van der Waals surface area (Å²) in [5.74, 6) is 1.10. The molecule has 3 rings (SSSR count). The summed E-state index contributed by atoms with van der Waals surface area (Å²) in [6.45, 7) is 7.73. The molecular formula is C16H23N3. The van der Waals surface area contributed by atoms with Crippen LogP contribution < -0.4 is 0 Å². The molecule has 2 unspecified atom stereocenters. The number of nitrogens with zero attached hydrogens (tertiary/aromatic N) is 2. The van der Waals surface area contributed by atoms with Gasteiger partial charge in [0.2, 0.25) is 0 Å². The molecule has 1 aliphatic heterocycles. The maximum absolute atomic E-state index is 4.72. The summed E-state index contributed by atoms with van der Waals surface area (Å²) in [4.78, 5) is 10.8. The Morgan fingerprint density at radius 2 is 2.00 bits per heavy atom. The summed E-state index contributed by atoms with van der Waals surface area (Å²) in [6.07, 6.45) is 3.98. The van der Waals surface area contributed by atoms with Gasteiger partial charge < -0.3 is 4.98 Å². The van der Waals surface area contributed by atoms with Crippen LogP contribution in [-0.2, 0) is 6.54 Å². The maximum Gasteiger partial charge on any atom is 0.121 e. The number of aryl methyl sites for hydroxylation is 1. The number of likely N-dealkylation sites (tertiary alicyclic amines) is 1. The van der Waals surface area contributed by atoms with Gasteiger partial charge in [0.25, 0.3) is 0 Å². The van der Waals surface area contributed by atoms with Gasteiger partial charge in [0.05, 0.1) is 17.6 Å². The molecule has 2 aromatic rings. The molecule has 3 heteroatoms. The highest BCUT2D eigenvalue weighted by atomic mass is 15.2. The number of piperidine rings is 1. The summed E-state index contributed by atoms with van der Waals surface area (Å²) < 4.78 is 0. The number of hydrogen-bond donors (Lipinski definition) is 1. The number of H-pyrrole nitrogens is 1. The van der Waals surface area contributed by atoms with Crippen molar-refractivity contribution in [3.05, 3.63) is 29.6 Å². The van der Waals surface area contributed by atoms with Gasteiger partial charge in [-0.25, -0.2) is 4.98 Å². The highest BCUT2D eigenvalue weighted by Gasteiger charge is 2.25. The lowest BCUT2D eigenvalue weighted by molar-refractivity contribution is 0.0926. The van der Waals surface area contributed by atoms with Crippen LogP contribution in [0.5, 0.6) is 0 Å². The Bertz CT molecular complexity index is 562. The van der Waals surface area contributed by atoms with Crippen LogP contribution in [0.25, 0.3) is 11.0 Å². The normalized spacial score (nSPS) is 25.0. The Balaban J connectivity index is 1.84. The van der Waals surface area contributed by atoms with Crippen molar-refractivity contribution in [2.75, 3.05) is 0 Å². The molecule has 1 fully saturated rings. The van der Waals surface area contributed by atoms with Crippen molar-refractivity contribution >= 4 is 11.0 Å². The van der Waals surface area contributed by atoms with Gasteiger partial charge in [0.15, 0.2) is 0 Å². The second-order valence-corrected chi connectivity index (χ2v) is 6.01. The van der Waals surface area contributed by atoms with E-state index >= 15 is 0 Å². The maximum atomic E-state index is 4.72. The summed E-state index contributed by atoms with van der Waals surface area (Å²) in [5.41, 5.74) is 3.52. The topological polar surface area (TPSA) is 31.9 Å². The van der Waals surface area contributed by atoms with Gasteiger partial charge in [0.1, 0.15) is 5.82 Å². The molecule has 2 heterocycles. The first kappa shape index (κ1) is 12.7. The molecule has 0 saturated carbocycles. The quantitative estimate of drug-likeness (QED) is 0.890. The molecule has 1 saturated heterocycles. The van der Waals surface area contributed by atoms with Crippen LogP contribution >= 0.6 is 0 Å². The van der Waals surface area contributed by atoms with Crippen molar-refractivity contribution in [1.82, 2.24) is 14.9 Å². The lowest BCUT2D eigenvalue weighted by atomic mass is 9.98. The van der Waals surface area contributed by atoms with E-state index < -0.39 is 0 Å². The van der Waals surface area contributed by atoms with Gasteiger partial charge in [-0.05, 0) is 51.3 Å². The minimum Gasteiger partial charge on any atom is -0.341 e. The zero-order chi connectivity index (χ0) is 13.4. The standard InChI is InChI=1S/C16H23N3/c1-11-7-8-14-15(9-11)18-16(17-14)10-19-12(2)5-4-6-13(19)3/h7-9,12-13H,4-6,10H2,1-3H3,(H,17,18). The van der Waals surface area contributed by atoms with Crippen molar-refractivity contribution in [3.63, 3.8) is 0 Å². The first-order valence-electron chi connectivity index (χ1n) is 7.34. The van der Waals surface area contributed by atoms with Crippen molar-refractivity contribution in [2.24, 2.45) is 0 Å². The fourth-order valence-corrected chi connectivity index (χ4v) is 3.21. The fraction of sp³-hybridized carbons (Fsp3) is 0.562. The summed E-state index contributed by atoms with van der Waals surface area (Å²) in [7, 11) is 0. The van der Waals surface area contributed by atoms with E-state index in [1.165, 1.54) is 24.8 Å². The Hall–Kier alpha value is -1.35. The molecule has 102 valence electrons. The molecular weight excluding hydrogens is 234 g/mol. The number of rotatable bonds is 2. The highest BCUT2D eigenvalue weighted by molar-refractivity contribution is 5.75. The molecule has 1 aromatic heterocycles. The van der Waals surface area contributed by atoms with E-state index in [1.807, 2.05) is 0 Å². The highest BCUT2D eigenvalue weighted by Crippen LogP contribution is 2.24. The number of aromatic nitrogens is 2. The largest absolute Gasteiger partial charge is 0.341 e. The van der Waals surface area contributed by atoms with E-state index in [0.29, 0.717) is 12.1 Å².